The maximum Gasteiger partial charge on any atom is 0.255 e. The minimum Gasteiger partial charge on any atom is -0.496 e. The molecule has 0 unspecified atom stereocenters. The van der Waals surface area contributed by atoms with Crippen LogP contribution in [0.1, 0.15) is 42.1 Å². The van der Waals surface area contributed by atoms with E-state index in [2.05, 4.69) is 41.2 Å². The van der Waals surface area contributed by atoms with Gasteiger partial charge >= 0.3 is 0 Å². The zero-order valence-corrected chi connectivity index (χ0v) is 14.6. The number of rotatable bonds is 5. The van der Waals surface area contributed by atoms with Crippen molar-refractivity contribution in [1.29, 1.82) is 0 Å². The van der Waals surface area contributed by atoms with E-state index in [-0.39, 0.29) is 5.91 Å². The Hall–Kier alpha value is -1.81. The Morgan fingerprint density at radius 3 is 2.64 bits per heavy atom. The van der Waals surface area contributed by atoms with E-state index < -0.39 is 0 Å². The molecule has 116 valence electrons. The van der Waals surface area contributed by atoms with E-state index in [9.17, 15) is 4.79 Å². The predicted molar refractivity (Wildman–Crippen MR) is 93.8 cm³/mol. The Bertz CT molecular complexity index is 670. The molecule has 1 amide bonds. The Morgan fingerprint density at radius 1 is 1.27 bits per heavy atom. The maximum absolute atomic E-state index is 12.5. The second-order valence-electron chi connectivity index (χ2n) is 5.20. The molecule has 22 heavy (non-hydrogen) atoms. The summed E-state index contributed by atoms with van der Waals surface area (Å²) in [6, 6.07) is 13.2. The van der Waals surface area contributed by atoms with Gasteiger partial charge in [0.25, 0.3) is 5.91 Å². The van der Waals surface area contributed by atoms with Gasteiger partial charge < -0.3 is 10.1 Å². The molecule has 0 aliphatic carbocycles. The van der Waals surface area contributed by atoms with E-state index in [1.165, 1.54) is 0 Å². The lowest BCUT2D eigenvalue weighted by atomic mass is 9.97. The van der Waals surface area contributed by atoms with Gasteiger partial charge in [-0.15, -0.1) is 0 Å². The van der Waals surface area contributed by atoms with Crippen LogP contribution in [0, 0.1) is 0 Å². The molecule has 0 spiro atoms. The summed E-state index contributed by atoms with van der Waals surface area (Å²) in [5, 5.41) is 3.01. The number of hydrogen-bond donors (Lipinski definition) is 1. The number of carbonyl (C=O) groups is 1. The molecule has 2 aromatic rings. The van der Waals surface area contributed by atoms with Crippen molar-refractivity contribution < 1.29 is 9.53 Å². The minimum absolute atomic E-state index is 0.126. The standard InChI is InChI=1S/C18H20BrNO2/c1-4-12(2)14-7-5-6-8-16(14)20-18(21)13-9-10-17(22-3)15(19)11-13/h5-12H,4H2,1-3H3,(H,20,21)/t12-/m1/s1. The van der Waals surface area contributed by atoms with Crippen LogP contribution in [0.2, 0.25) is 0 Å². The number of anilines is 1. The molecule has 0 saturated carbocycles. The first kappa shape index (κ1) is 16.6. The largest absolute Gasteiger partial charge is 0.496 e. The number of carbonyl (C=O) groups excluding carboxylic acids is 1. The summed E-state index contributed by atoms with van der Waals surface area (Å²) < 4.78 is 5.95. The number of hydrogen-bond acceptors (Lipinski definition) is 2. The van der Waals surface area contributed by atoms with E-state index in [1.54, 1.807) is 25.3 Å². The molecule has 1 atom stereocenters. The van der Waals surface area contributed by atoms with Crippen molar-refractivity contribution in [2.75, 3.05) is 12.4 Å². The quantitative estimate of drug-likeness (QED) is 0.792. The van der Waals surface area contributed by atoms with Crippen molar-refractivity contribution in [2.24, 2.45) is 0 Å². The van der Waals surface area contributed by atoms with Crippen LogP contribution >= 0.6 is 15.9 Å². The number of ether oxygens (including phenoxy) is 1. The summed E-state index contributed by atoms with van der Waals surface area (Å²) in [6.07, 6.45) is 1.03. The Labute approximate surface area is 139 Å². The second-order valence-corrected chi connectivity index (χ2v) is 6.05. The van der Waals surface area contributed by atoms with Crippen LogP contribution in [-0.4, -0.2) is 13.0 Å². The third-order valence-electron chi connectivity index (χ3n) is 3.77. The molecule has 1 N–H and O–H groups in total. The molecule has 0 heterocycles. The van der Waals surface area contributed by atoms with Gasteiger partial charge in [0.05, 0.1) is 11.6 Å². The Balaban J connectivity index is 2.24. The smallest absolute Gasteiger partial charge is 0.255 e. The lowest BCUT2D eigenvalue weighted by Gasteiger charge is -2.16. The number of para-hydroxylation sites is 1. The van der Waals surface area contributed by atoms with Gasteiger partial charge in [-0.2, -0.15) is 0 Å². The predicted octanol–water partition coefficient (Wildman–Crippen LogP) is 5.22. The summed E-state index contributed by atoms with van der Waals surface area (Å²) >= 11 is 3.40. The molecule has 0 fully saturated rings. The molecule has 4 heteroatoms. The third kappa shape index (κ3) is 3.69. The van der Waals surface area contributed by atoms with Gasteiger partial charge in [0.2, 0.25) is 0 Å². The first-order chi connectivity index (χ1) is 10.6. The van der Waals surface area contributed by atoms with Crippen LogP contribution in [0.5, 0.6) is 5.75 Å². The molecule has 2 rings (SSSR count). The number of amides is 1. The van der Waals surface area contributed by atoms with Crippen LogP contribution in [0.3, 0.4) is 0 Å². The number of nitrogens with one attached hydrogen (secondary N) is 1. The van der Waals surface area contributed by atoms with Crippen LogP contribution in [0.15, 0.2) is 46.9 Å². The van der Waals surface area contributed by atoms with Gasteiger partial charge in [-0.25, -0.2) is 0 Å². The van der Waals surface area contributed by atoms with Crippen molar-refractivity contribution in [3.05, 3.63) is 58.1 Å². The summed E-state index contributed by atoms with van der Waals surface area (Å²) in [6.45, 7) is 4.30. The van der Waals surface area contributed by atoms with E-state index in [4.69, 9.17) is 4.74 Å². The van der Waals surface area contributed by atoms with Gasteiger partial charge in [0.15, 0.2) is 0 Å². The highest BCUT2D eigenvalue weighted by Crippen LogP contribution is 2.28. The number of benzene rings is 2. The van der Waals surface area contributed by atoms with Crippen molar-refractivity contribution in [3.63, 3.8) is 0 Å². The first-order valence-corrected chi connectivity index (χ1v) is 8.10. The third-order valence-corrected chi connectivity index (χ3v) is 4.39. The van der Waals surface area contributed by atoms with Crippen molar-refractivity contribution in [1.82, 2.24) is 0 Å². The second kappa shape index (κ2) is 7.45. The fourth-order valence-electron chi connectivity index (χ4n) is 2.26. The van der Waals surface area contributed by atoms with E-state index in [1.807, 2.05) is 18.2 Å². The zero-order chi connectivity index (χ0) is 16.1. The van der Waals surface area contributed by atoms with E-state index in [0.717, 1.165) is 22.1 Å². The van der Waals surface area contributed by atoms with Gasteiger partial charge in [0.1, 0.15) is 5.75 Å². The highest BCUT2D eigenvalue weighted by Gasteiger charge is 2.13. The molecule has 3 nitrogen and oxygen atoms in total. The van der Waals surface area contributed by atoms with Crippen molar-refractivity contribution in [2.45, 2.75) is 26.2 Å². The highest BCUT2D eigenvalue weighted by molar-refractivity contribution is 9.10. The van der Waals surface area contributed by atoms with Gasteiger partial charge in [-0.05, 0) is 58.1 Å². The molecule has 0 radical (unpaired) electrons. The van der Waals surface area contributed by atoms with Crippen molar-refractivity contribution in [3.8, 4) is 5.75 Å². The van der Waals surface area contributed by atoms with Crippen LogP contribution in [0.4, 0.5) is 5.69 Å². The zero-order valence-electron chi connectivity index (χ0n) is 13.0. The summed E-state index contributed by atoms with van der Waals surface area (Å²) in [5.74, 6) is 0.981. The SMILES string of the molecule is CC[C@@H](C)c1ccccc1NC(=O)c1ccc(OC)c(Br)c1. The number of methoxy groups -OCH3 is 1. The minimum atomic E-state index is -0.126. The molecule has 0 aliphatic heterocycles. The average Bonchev–Trinajstić information content (AvgIpc) is 2.54. The summed E-state index contributed by atoms with van der Waals surface area (Å²) in [4.78, 5) is 12.5. The molecule has 0 aromatic heterocycles. The van der Waals surface area contributed by atoms with E-state index in [0.29, 0.717) is 17.2 Å². The Morgan fingerprint density at radius 2 is 2.00 bits per heavy atom. The molecular weight excluding hydrogens is 342 g/mol. The lowest BCUT2D eigenvalue weighted by molar-refractivity contribution is 0.102. The van der Waals surface area contributed by atoms with Gasteiger partial charge in [-0.1, -0.05) is 32.0 Å². The highest BCUT2D eigenvalue weighted by atomic mass is 79.9. The average molecular weight is 362 g/mol. The fraction of sp³-hybridized carbons (Fsp3) is 0.278. The van der Waals surface area contributed by atoms with Crippen LogP contribution in [0.25, 0.3) is 0 Å². The summed E-state index contributed by atoms with van der Waals surface area (Å²) in [5.41, 5.74) is 2.62. The van der Waals surface area contributed by atoms with Crippen LogP contribution < -0.4 is 10.1 Å². The van der Waals surface area contributed by atoms with E-state index >= 15 is 0 Å². The fourth-order valence-corrected chi connectivity index (χ4v) is 2.80. The maximum atomic E-state index is 12.5. The van der Waals surface area contributed by atoms with Crippen LogP contribution in [-0.2, 0) is 0 Å². The lowest BCUT2D eigenvalue weighted by Crippen LogP contribution is -2.14. The first-order valence-electron chi connectivity index (χ1n) is 7.30. The topological polar surface area (TPSA) is 38.3 Å². The van der Waals surface area contributed by atoms with Gasteiger partial charge in [0, 0.05) is 11.3 Å². The molecule has 0 saturated heterocycles. The number of halogens is 1. The van der Waals surface area contributed by atoms with Crippen molar-refractivity contribution >= 4 is 27.5 Å². The molecule has 2 aromatic carbocycles. The molecule has 0 bridgehead atoms. The summed E-state index contributed by atoms with van der Waals surface area (Å²) in [7, 11) is 1.60. The molecule has 0 aliphatic rings. The van der Waals surface area contributed by atoms with Gasteiger partial charge in [-0.3, -0.25) is 4.79 Å². The molecular formula is C18H20BrNO2. The Kier molecular flexibility index (Phi) is 5.61. The normalized spacial score (nSPS) is 11.8. The monoisotopic (exact) mass is 361 g/mol.